The maximum atomic E-state index is 13.1. The first-order valence-corrected chi connectivity index (χ1v) is 13.7. The average Bonchev–Trinajstić information content (AvgIpc) is 3.33. The smallest absolute Gasteiger partial charge is 0.350 e. The minimum atomic E-state index is -1.79. The molecule has 0 radical (unpaired) electrons. The van der Waals surface area contributed by atoms with Crippen LogP contribution in [0, 0.1) is 0 Å². The van der Waals surface area contributed by atoms with Crippen molar-refractivity contribution in [2.75, 3.05) is 18.0 Å². The van der Waals surface area contributed by atoms with Crippen LogP contribution in [0.2, 0.25) is 0 Å². The fraction of sp³-hybridized carbons (Fsp3) is 0.391. The maximum absolute atomic E-state index is 13.1. The number of thioether (sulfide) groups is 1. The molecule has 15 nitrogen and oxygen atoms in total. The molecule has 1 fully saturated rings. The van der Waals surface area contributed by atoms with Gasteiger partial charge < -0.3 is 36.6 Å². The molecule has 0 saturated carbocycles. The van der Waals surface area contributed by atoms with Crippen LogP contribution in [0.4, 0.5) is 5.13 Å². The van der Waals surface area contributed by atoms with Gasteiger partial charge in [0, 0.05) is 35.0 Å². The number of anilines is 1. The van der Waals surface area contributed by atoms with E-state index in [0.717, 1.165) is 22.0 Å². The van der Waals surface area contributed by atoms with E-state index in [1.807, 2.05) is 12.1 Å². The Hall–Kier alpha value is -4.09. The van der Waals surface area contributed by atoms with E-state index >= 15 is 0 Å². The molecule has 2 aliphatic heterocycles. The van der Waals surface area contributed by atoms with Crippen LogP contribution >= 0.6 is 23.3 Å². The lowest BCUT2D eigenvalue weighted by Gasteiger charge is -2.50. The van der Waals surface area contributed by atoms with Gasteiger partial charge in [-0.25, -0.2) is 9.36 Å². The van der Waals surface area contributed by atoms with Crippen LogP contribution in [0.5, 0.6) is 0 Å². The summed E-state index contributed by atoms with van der Waals surface area (Å²) in [6, 6.07) is 2.66. The second kappa shape index (κ2) is 11.6. The first-order valence-electron chi connectivity index (χ1n) is 11.9. The average molecular weight is 591 g/mol. The summed E-state index contributed by atoms with van der Waals surface area (Å²) in [4.78, 5) is 59.7. The third-order valence-corrected chi connectivity index (χ3v) is 7.92. The van der Waals surface area contributed by atoms with E-state index in [0.29, 0.717) is 18.5 Å². The van der Waals surface area contributed by atoms with Gasteiger partial charge in [-0.3, -0.25) is 14.5 Å². The number of aliphatic carboxylic acids is 2. The molecule has 2 aliphatic rings. The second-order valence-electron chi connectivity index (χ2n) is 9.32. The Labute approximate surface area is 236 Å². The molecule has 4 rings (SSSR count). The molecule has 0 unspecified atom stereocenters. The van der Waals surface area contributed by atoms with Crippen LogP contribution in [-0.4, -0.2) is 78.1 Å². The molecule has 2 aromatic rings. The van der Waals surface area contributed by atoms with Gasteiger partial charge in [0.1, 0.15) is 11.4 Å². The molecule has 17 heteroatoms. The Kier molecular flexibility index (Phi) is 8.36. The summed E-state index contributed by atoms with van der Waals surface area (Å²) in [6.45, 7) is 3.17. The van der Waals surface area contributed by atoms with Crippen molar-refractivity contribution >= 4 is 57.9 Å². The first-order chi connectivity index (χ1) is 18.9. The summed E-state index contributed by atoms with van der Waals surface area (Å²) in [5, 5.41) is 26.8. The number of carbonyl (C=O) groups excluding carboxylic acids is 3. The van der Waals surface area contributed by atoms with Gasteiger partial charge in [-0.15, -0.1) is 11.8 Å². The lowest BCUT2D eigenvalue weighted by Crippen LogP contribution is -2.71. The first kappa shape index (κ1) is 28.9. The monoisotopic (exact) mass is 590 g/mol. The Bertz CT molecular complexity index is 1410. The van der Waals surface area contributed by atoms with Crippen LogP contribution in [-0.2, 0) is 37.0 Å². The van der Waals surface area contributed by atoms with Gasteiger partial charge in [0.15, 0.2) is 24.1 Å². The highest BCUT2D eigenvalue weighted by molar-refractivity contribution is 8.00. The number of hydrogen-bond acceptors (Lipinski definition) is 13. The van der Waals surface area contributed by atoms with E-state index in [1.165, 1.54) is 25.6 Å². The van der Waals surface area contributed by atoms with Gasteiger partial charge in [0.25, 0.3) is 11.8 Å². The normalized spacial score (nSPS) is 19.1. The minimum Gasteiger partial charge on any atom is -0.543 e. The van der Waals surface area contributed by atoms with E-state index in [-0.39, 0.29) is 29.0 Å². The van der Waals surface area contributed by atoms with Crippen molar-refractivity contribution in [3.05, 3.63) is 47.2 Å². The predicted octanol–water partition coefficient (Wildman–Crippen LogP) is -2.40. The number of rotatable bonds is 11. The van der Waals surface area contributed by atoms with Crippen LogP contribution in [0.25, 0.3) is 0 Å². The Morgan fingerprint density at radius 2 is 2.05 bits per heavy atom. The molecule has 0 bridgehead atoms. The van der Waals surface area contributed by atoms with Crippen molar-refractivity contribution in [2.45, 2.75) is 43.8 Å². The SMILES string of the molecule is CC(C)(O/N=C(\C(=O)N[C@@H]1C(=O)N2C(C(=O)[O-])=C(C[n+]3ccc(CCN)cc3)CS[C@H]12)c1nsc(N)n1)C(=O)O. The zero-order valence-electron chi connectivity index (χ0n) is 21.4. The molecule has 2 amide bonds. The van der Waals surface area contributed by atoms with Crippen LogP contribution in [0.15, 0.2) is 41.0 Å². The number of carbonyl (C=O) groups is 4. The van der Waals surface area contributed by atoms with Crippen LogP contribution < -0.4 is 26.5 Å². The molecule has 40 heavy (non-hydrogen) atoms. The minimum absolute atomic E-state index is 0.0184. The molecular formula is C23H26N8O7S2. The molecule has 0 spiro atoms. The number of β-lactam (4-membered cyclic amide) rings is 1. The molecule has 0 aliphatic carbocycles. The van der Waals surface area contributed by atoms with E-state index in [2.05, 4.69) is 19.8 Å². The summed E-state index contributed by atoms with van der Waals surface area (Å²) >= 11 is 2.05. The summed E-state index contributed by atoms with van der Waals surface area (Å²) in [5.74, 6) is -4.41. The number of nitrogens with one attached hydrogen (secondary N) is 1. The summed E-state index contributed by atoms with van der Waals surface area (Å²) in [5.41, 5.74) is 10.2. The molecule has 6 N–H and O–H groups in total. The third kappa shape index (κ3) is 5.90. The zero-order valence-corrected chi connectivity index (χ0v) is 23.0. The van der Waals surface area contributed by atoms with Gasteiger partial charge in [-0.05, 0) is 32.4 Å². The van der Waals surface area contributed by atoms with Crippen molar-refractivity contribution in [3.8, 4) is 0 Å². The fourth-order valence-corrected chi connectivity index (χ4v) is 5.63. The molecule has 212 valence electrons. The van der Waals surface area contributed by atoms with Gasteiger partial charge in [-0.2, -0.15) is 9.36 Å². The number of amides is 2. The highest BCUT2D eigenvalue weighted by atomic mass is 32.2. The van der Waals surface area contributed by atoms with E-state index in [1.54, 1.807) is 17.0 Å². The van der Waals surface area contributed by atoms with Crippen LogP contribution in [0.1, 0.15) is 25.2 Å². The molecular weight excluding hydrogens is 564 g/mol. The van der Waals surface area contributed by atoms with Gasteiger partial charge in [-0.1, -0.05) is 5.16 Å². The summed E-state index contributed by atoms with van der Waals surface area (Å²) in [6.07, 6.45) is 4.31. The number of pyridine rings is 1. The number of nitrogens with two attached hydrogens (primary N) is 2. The fourth-order valence-electron chi connectivity index (χ4n) is 3.86. The summed E-state index contributed by atoms with van der Waals surface area (Å²) in [7, 11) is 0. The number of nitrogens with zero attached hydrogens (tertiary/aromatic N) is 5. The van der Waals surface area contributed by atoms with Crippen molar-refractivity contribution in [1.82, 2.24) is 19.6 Å². The molecule has 2 aromatic heterocycles. The highest BCUT2D eigenvalue weighted by Gasteiger charge is 2.53. The van der Waals surface area contributed by atoms with Crippen LogP contribution in [0.3, 0.4) is 0 Å². The molecule has 2 atom stereocenters. The number of carboxylic acids is 2. The van der Waals surface area contributed by atoms with Gasteiger partial charge in [0.05, 0.1) is 11.7 Å². The Morgan fingerprint density at radius 1 is 1.35 bits per heavy atom. The number of aromatic nitrogens is 3. The van der Waals surface area contributed by atoms with Crippen molar-refractivity contribution in [2.24, 2.45) is 10.9 Å². The maximum Gasteiger partial charge on any atom is 0.350 e. The Morgan fingerprint density at radius 3 is 2.62 bits per heavy atom. The highest BCUT2D eigenvalue weighted by Crippen LogP contribution is 2.40. The number of nitrogen functional groups attached to an aromatic ring is 1. The Balaban J connectivity index is 1.53. The second-order valence-corrected chi connectivity index (χ2v) is 11.2. The molecule has 0 aromatic carbocycles. The van der Waals surface area contributed by atoms with Gasteiger partial charge >= 0.3 is 5.97 Å². The van der Waals surface area contributed by atoms with Crippen molar-refractivity contribution in [1.29, 1.82) is 0 Å². The number of fused-ring (bicyclic) bond motifs is 1. The number of hydrogen-bond donors (Lipinski definition) is 4. The predicted molar refractivity (Wildman–Crippen MR) is 140 cm³/mol. The van der Waals surface area contributed by atoms with E-state index in [4.69, 9.17) is 16.3 Å². The standard InChI is InChI=1S/C23H26N8O7S2/c1-23(2,21(36)37)38-28-13(16-27-22(25)40-29-16)17(32)26-14-18(33)31-15(20(34)35)12(10-39-19(14)31)9-30-7-4-11(3-6-24)5-8-30/h4-5,7-8,14,19H,3,6,9-10,24H2,1-2H3,(H4-,25,26,27,29,32,34,35,36,37)/b28-13-/t14-,19-/m1/s1. The third-order valence-electron chi connectivity index (χ3n) is 6.04. The molecule has 1 saturated heterocycles. The van der Waals surface area contributed by atoms with Gasteiger partial charge in [0.2, 0.25) is 17.1 Å². The number of oxime groups is 1. The lowest BCUT2D eigenvalue weighted by molar-refractivity contribution is -0.689. The molecule has 4 heterocycles. The van der Waals surface area contributed by atoms with Crippen molar-refractivity contribution in [3.63, 3.8) is 0 Å². The zero-order chi connectivity index (χ0) is 29.2. The summed E-state index contributed by atoms with van der Waals surface area (Å²) < 4.78 is 5.71. The van der Waals surface area contributed by atoms with Crippen molar-refractivity contribution < 1.29 is 38.8 Å². The largest absolute Gasteiger partial charge is 0.543 e. The van der Waals surface area contributed by atoms with E-state index in [9.17, 15) is 29.4 Å². The lowest BCUT2D eigenvalue weighted by atomic mass is 10.0. The quantitative estimate of drug-likeness (QED) is 0.0928. The topological polar surface area (TPSA) is 230 Å². The van der Waals surface area contributed by atoms with E-state index < -0.39 is 46.5 Å². The number of carboxylic acid groups (broad SMARTS) is 2.